The summed E-state index contributed by atoms with van der Waals surface area (Å²) in [6.45, 7) is 4.86. The third kappa shape index (κ3) is 3.55. The highest BCUT2D eigenvalue weighted by Crippen LogP contribution is 2.08. The lowest BCUT2D eigenvalue weighted by atomic mass is 10.4. The van der Waals surface area contributed by atoms with Crippen LogP contribution in [0, 0.1) is 0 Å². The highest BCUT2D eigenvalue weighted by Gasteiger charge is 2.11. The first-order chi connectivity index (χ1) is 5.49. The van der Waals surface area contributed by atoms with Gasteiger partial charge in [0.15, 0.2) is 5.71 Å². The number of carbonyl (C=O) groups is 1. The van der Waals surface area contributed by atoms with Crippen LogP contribution in [-0.4, -0.2) is 16.8 Å². The molecule has 5 heteroatoms. The van der Waals surface area contributed by atoms with E-state index in [9.17, 15) is 4.79 Å². The molecule has 0 rings (SSSR count). The molecule has 12 heavy (non-hydrogen) atoms. The molecule has 0 bridgehead atoms. The van der Waals surface area contributed by atoms with Crippen LogP contribution in [-0.2, 0) is 4.79 Å². The van der Waals surface area contributed by atoms with E-state index in [-0.39, 0.29) is 15.9 Å². The number of allylic oxidation sites excluding steroid dienone is 1. The van der Waals surface area contributed by atoms with Gasteiger partial charge in [0.2, 0.25) is 0 Å². The van der Waals surface area contributed by atoms with Gasteiger partial charge >= 0.3 is 5.97 Å². The van der Waals surface area contributed by atoms with Crippen molar-refractivity contribution in [1.29, 1.82) is 0 Å². The summed E-state index contributed by atoms with van der Waals surface area (Å²) >= 11 is 10.8. The highest BCUT2D eigenvalue weighted by molar-refractivity contribution is 6.58. The Morgan fingerprint density at radius 3 is 2.33 bits per heavy atom. The van der Waals surface area contributed by atoms with E-state index >= 15 is 0 Å². The smallest absolute Gasteiger partial charge is 0.356 e. The molecule has 1 N–H and O–H groups in total. The van der Waals surface area contributed by atoms with Gasteiger partial charge < -0.3 is 5.11 Å². The van der Waals surface area contributed by atoms with Crippen molar-refractivity contribution in [2.24, 2.45) is 4.99 Å². The Labute approximate surface area is 80.0 Å². The number of aliphatic imine (C=N–C) groups is 1. The summed E-state index contributed by atoms with van der Waals surface area (Å²) in [6, 6.07) is 0. The van der Waals surface area contributed by atoms with Gasteiger partial charge in [-0.15, -0.1) is 0 Å². The highest BCUT2D eigenvalue weighted by atomic mass is 35.5. The number of halogens is 2. The zero-order chi connectivity index (χ0) is 9.72. The summed E-state index contributed by atoms with van der Waals surface area (Å²) in [4.78, 5) is 13.9. The number of hydrogen-bond acceptors (Lipinski definition) is 2. The normalized spacial score (nSPS) is 12.9. The number of carboxylic acids is 1. The van der Waals surface area contributed by atoms with Crippen LogP contribution in [0.1, 0.15) is 6.92 Å². The lowest BCUT2D eigenvalue weighted by Gasteiger charge is -1.96. The molecule has 0 saturated heterocycles. The topological polar surface area (TPSA) is 49.7 Å². The Hall–Kier alpha value is -0.800. The van der Waals surface area contributed by atoms with Gasteiger partial charge in [0.05, 0.1) is 5.03 Å². The van der Waals surface area contributed by atoms with Gasteiger partial charge in [0.25, 0.3) is 0 Å². The summed E-state index contributed by atoms with van der Waals surface area (Å²) in [6.07, 6.45) is 1.45. The lowest BCUT2D eigenvalue weighted by molar-refractivity contribution is -0.129. The van der Waals surface area contributed by atoms with Crippen LogP contribution < -0.4 is 0 Å². The van der Waals surface area contributed by atoms with E-state index in [1.165, 1.54) is 6.08 Å². The molecular weight excluding hydrogens is 201 g/mol. The van der Waals surface area contributed by atoms with E-state index in [2.05, 4.69) is 11.6 Å². The van der Waals surface area contributed by atoms with Crippen LogP contribution in [0.2, 0.25) is 0 Å². The molecule has 0 amide bonds. The number of hydrogen-bond donors (Lipinski definition) is 1. The molecule has 0 heterocycles. The molecule has 0 aromatic heterocycles. The Morgan fingerprint density at radius 2 is 2.08 bits per heavy atom. The van der Waals surface area contributed by atoms with Crippen LogP contribution in [0.5, 0.6) is 0 Å². The van der Waals surface area contributed by atoms with Crippen molar-refractivity contribution < 1.29 is 9.90 Å². The number of carboxylic acid groups (broad SMARTS) is 1. The van der Waals surface area contributed by atoms with E-state index in [4.69, 9.17) is 28.3 Å². The maximum absolute atomic E-state index is 10.4. The van der Waals surface area contributed by atoms with Gasteiger partial charge in [-0.25, -0.2) is 9.79 Å². The molecule has 0 saturated carbocycles. The summed E-state index contributed by atoms with van der Waals surface area (Å²) in [7, 11) is 0. The average molecular weight is 208 g/mol. The first-order valence-electron chi connectivity index (χ1n) is 2.97. The summed E-state index contributed by atoms with van der Waals surface area (Å²) in [5.74, 6) is -1.25. The van der Waals surface area contributed by atoms with Crippen LogP contribution in [0.4, 0.5) is 0 Å². The van der Waals surface area contributed by atoms with Crippen molar-refractivity contribution in [3.05, 3.63) is 22.8 Å². The zero-order valence-electron chi connectivity index (χ0n) is 6.34. The predicted octanol–water partition coefficient (Wildman–Crippen LogP) is 2.36. The van der Waals surface area contributed by atoms with Crippen molar-refractivity contribution >= 4 is 34.9 Å². The quantitative estimate of drug-likeness (QED) is 0.571. The maximum Gasteiger partial charge on any atom is 0.356 e. The van der Waals surface area contributed by atoms with E-state index in [0.717, 1.165) is 0 Å². The molecular formula is C7H7Cl2NO2. The average Bonchev–Trinajstić information content (AvgIpc) is 1.98. The molecule has 0 atom stereocenters. The number of rotatable bonds is 3. The third-order valence-electron chi connectivity index (χ3n) is 0.916. The van der Waals surface area contributed by atoms with E-state index in [1.54, 1.807) is 6.92 Å². The van der Waals surface area contributed by atoms with E-state index in [0.29, 0.717) is 0 Å². The monoisotopic (exact) mass is 207 g/mol. The van der Waals surface area contributed by atoms with Gasteiger partial charge in [0.1, 0.15) is 5.16 Å². The predicted molar refractivity (Wildman–Crippen MR) is 49.7 cm³/mol. The second-order valence-electron chi connectivity index (χ2n) is 1.78. The second-order valence-corrected chi connectivity index (χ2v) is 2.63. The fourth-order valence-corrected chi connectivity index (χ4v) is 0.603. The molecule has 0 spiro atoms. The Balaban J connectivity index is 4.87. The molecule has 0 radical (unpaired) electrons. The Morgan fingerprint density at radius 1 is 1.58 bits per heavy atom. The lowest BCUT2D eigenvalue weighted by Crippen LogP contribution is -2.12. The molecule has 0 fully saturated rings. The summed E-state index contributed by atoms with van der Waals surface area (Å²) in [5, 5.41) is 8.44. The van der Waals surface area contributed by atoms with Crippen molar-refractivity contribution in [3.8, 4) is 0 Å². The minimum atomic E-state index is -1.25. The van der Waals surface area contributed by atoms with E-state index < -0.39 is 5.97 Å². The summed E-state index contributed by atoms with van der Waals surface area (Å²) in [5.41, 5.74) is -0.347. The van der Waals surface area contributed by atoms with Gasteiger partial charge in [-0.3, -0.25) is 0 Å². The maximum atomic E-state index is 10.4. The molecule has 0 aliphatic heterocycles. The van der Waals surface area contributed by atoms with Gasteiger partial charge in [-0.1, -0.05) is 35.9 Å². The third-order valence-corrected chi connectivity index (χ3v) is 1.40. The SMILES string of the molecule is C=C(Cl)/C(=N\C(Cl)=C/C)C(=O)O. The van der Waals surface area contributed by atoms with Crippen LogP contribution in [0.25, 0.3) is 0 Å². The van der Waals surface area contributed by atoms with Crippen LogP contribution in [0.15, 0.2) is 27.8 Å². The molecule has 0 aliphatic carbocycles. The zero-order valence-corrected chi connectivity index (χ0v) is 7.85. The summed E-state index contributed by atoms with van der Waals surface area (Å²) < 4.78 is 0. The minimum Gasteiger partial charge on any atom is -0.476 e. The van der Waals surface area contributed by atoms with E-state index in [1.807, 2.05) is 0 Å². The first kappa shape index (κ1) is 11.2. The van der Waals surface area contributed by atoms with Gasteiger partial charge in [-0.05, 0) is 6.92 Å². The second kappa shape index (κ2) is 4.95. The molecule has 0 aliphatic rings. The van der Waals surface area contributed by atoms with Gasteiger partial charge in [-0.2, -0.15) is 0 Å². The van der Waals surface area contributed by atoms with Gasteiger partial charge in [0, 0.05) is 0 Å². The standard InChI is InChI=1S/C7H7Cl2NO2/c1-3-5(9)10-6(4(2)8)7(11)12/h3H,2H2,1H3,(H,11,12)/b5-3-,10-6+. The number of aliphatic carboxylic acids is 1. The largest absolute Gasteiger partial charge is 0.476 e. The van der Waals surface area contributed by atoms with Crippen molar-refractivity contribution in [2.45, 2.75) is 6.92 Å². The molecule has 66 valence electrons. The molecule has 3 nitrogen and oxygen atoms in total. The molecule has 0 aromatic rings. The van der Waals surface area contributed by atoms with Crippen molar-refractivity contribution in [1.82, 2.24) is 0 Å². The van der Waals surface area contributed by atoms with Crippen LogP contribution in [0.3, 0.4) is 0 Å². The molecule has 0 aromatic carbocycles. The first-order valence-corrected chi connectivity index (χ1v) is 3.73. The molecule has 0 unspecified atom stereocenters. The minimum absolute atomic E-state index is 0.0641. The van der Waals surface area contributed by atoms with Crippen molar-refractivity contribution in [3.63, 3.8) is 0 Å². The fraction of sp³-hybridized carbons (Fsp3) is 0.143. The van der Waals surface area contributed by atoms with Crippen molar-refractivity contribution in [2.75, 3.05) is 0 Å². The van der Waals surface area contributed by atoms with Crippen LogP contribution >= 0.6 is 23.2 Å². The fourth-order valence-electron chi connectivity index (χ4n) is 0.396. The Bertz CT molecular complexity index is 253. The Kier molecular flexibility index (Phi) is 4.62. The number of nitrogens with zero attached hydrogens (tertiary/aromatic N) is 1.